The summed E-state index contributed by atoms with van der Waals surface area (Å²) in [6.45, 7) is 0. The molecule has 1 heterocycles. The predicted molar refractivity (Wildman–Crippen MR) is 66.2 cm³/mol. The summed E-state index contributed by atoms with van der Waals surface area (Å²) >= 11 is 4.77. The second-order valence-corrected chi connectivity index (χ2v) is 6.67. The maximum absolute atomic E-state index is 11.3. The van der Waals surface area contributed by atoms with Gasteiger partial charge in [-0.1, -0.05) is 10.3 Å². The highest BCUT2D eigenvalue weighted by atomic mass is 32.2. The molecular formula is C7H6N4O6S3. The van der Waals surface area contributed by atoms with Gasteiger partial charge in [0.1, 0.15) is 4.90 Å². The third-order valence-electron chi connectivity index (χ3n) is 2.22. The molecule has 20 heavy (non-hydrogen) atoms. The first-order valence-corrected chi connectivity index (χ1v) is 7.99. The minimum Gasteiger partial charge on any atom is -0.282 e. The number of nitrogens with one attached hydrogen (secondary N) is 1. The number of tetrazole rings is 1. The summed E-state index contributed by atoms with van der Waals surface area (Å²) in [6.07, 6.45) is 0. The molecule has 0 bridgehead atoms. The Kier molecular flexibility index (Phi) is 3.47. The van der Waals surface area contributed by atoms with Gasteiger partial charge in [0.2, 0.25) is 4.77 Å². The molecule has 0 saturated carbocycles. The summed E-state index contributed by atoms with van der Waals surface area (Å²) in [6, 6.07) is 2.53. The number of H-pyrrole nitrogens is 1. The van der Waals surface area contributed by atoms with Gasteiger partial charge in [0.05, 0.1) is 10.6 Å². The number of nitrogens with zero attached hydrogens (tertiary/aromatic N) is 3. The van der Waals surface area contributed by atoms with Gasteiger partial charge >= 0.3 is 0 Å². The van der Waals surface area contributed by atoms with Crippen LogP contribution in [0.15, 0.2) is 28.0 Å². The van der Waals surface area contributed by atoms with E-state index in [1.807, 2.05) is 0 Å². The van der Waals surface area contributed by atoms with Gasteiger partial charge in [0, 0.05) is 0 Å². The minimum absolute atomic E-state index is 0.144. The first-order chi connectivity index (χ1) is 9.10. The first-order valence-electron chi connectivity index (χ1n) is 4.70. The van der Waals surface area contributed by atoms with E-state index >= 15 is 0 Å². The second kappa shape index (κ2) is 4.71. The van der Waals surface area contributed by atoms with Gasteiger partial charge in [-0.2, -0.15) is 22.0 Å². The molecular weight excluding hydrogens is 332 g/mol. The van der Waals surface area contributed by atoms with Crippen LogP contribution in [0.2, 0.25) is 0 Å². The van der Waals surface area contributed by atoms with E-state index in [1.165, 1.54) is 0 Å². The molecule has 1 aromatic heterocycles. The summed E-state index contributed by atoms with van der Waals surface area (Å²) in [5.41, 5.74) is -0.199. The average molecular weight is 338 g/mol. The van der Waals surface area contributed by atoms with Crippen LogP contribution in [0.1, 0.15) is 0 Å². The molecule has 0 radical (unpaired) electrons. The van der Waals surface area contributed by atoms with Gasteiger partial charge in [-0.3, -0.25) is 9.11 Å². The molecule has 2 aromatic rings. The molecule has 0 aliphatic carbocycles. The average Bonchev–Trinajstić information content (AvgIpc) is 2.72. The van der Waals surface area contributed by atoms with Crippen LogP contribution in [0.5, 0.6) is 0 Å². The van der Waals surface area contributed by atoms with Crippen molar-refractivity contribution in [2.75, 3.05) is 0 Å². The molecule has 108 valence electrons. The summed E-state index contributed by atoms with van der Waals surface area (Å²) < 4.78 is 63.5. The number of aromatic amines is 1. The molecule has 0 aliphatic heterocycles. The fourth-order valence-electron chi connectivity index (χ4n) is 1.40. The third-order valence-corrected chi connectivity index (χ3v) is 4.22. The fourth-order valence-corrected chi connectivity index (χ4v) is 2.86. The molecule has 0 saturated heterocycles. The molecule has 0 spiro atoms. The van der Waals surface area contributed by atoms with Crippen molar-refractivity contribution in [3.8, 4) is 5.69 Å². The Morgan fingerprint density at radius 3 is 2.25 bits per heavy atom. The van der Waals surface area contributed by atoms with Crippen LogP contribution in [0.25, 0.3) is 5.69 Å². The zero-order chi connectivity index (χ0) is 15.1. The predicted octanol–water partition coefficient (Wildman–Crippen LogP) is -0.182. The maximum atomic E-state index is 11.3. The Morgan fingerprint density at radius 1 is 1.15 bits per heavy atom. The lowest BCUT2D eigenvalue weighted by molar-refractivity contribution is 0.480. The van der Waals surface area contributed by atoms with Crippen molar-refractivity contribution in [1.82, 2.24) is 20.2 Å². The van der Waals surface area contributed by atoms with Crippen molar-refractivity contribution < 1.29 is 25.9 Å². The molecule has 2 rings (SSSR count). The van der Waals surface area contributed by atoms with Crippen LogP contribution < -0.4 is 0 Å². The molecule has 3 N–H and O–H groups in total. The van der Waals surface area contributed by atoms with Crippen molar-refractivity contribution in [1.29, 1.82) is 0 Å². The van der Waals surface area contributed by atoms with E-state index in [-0.39, 0.29) is 10.5 Å². The van der Waals surface area contributed by atoms with Gasteiger partial charge in [0.15, 0.2) is 0 Å². The largest absolute Gasteiger partial charge is 0.296 e. The molecule has 0 unspecified atom stereocenters. The molecule has 1 aromatic carbocycles. The molecule has 0 atom stereocenters. The monoisotopic (exact) mass is 338 g/mol. The van der Waals surface area contributed by atoms with Crippen LogP contribution in [0, 0.1) is 4.77 Å². The maximum Gasteiger partial charge on any atom is 0.296 e. The standard InChI is InChI=1S/C7H6N4O6S3/c12-19(13,14)4-1-2-5(6(3-4)20(15,16)17)11-7(18)8-9-10-11/h1-3H,(H,8,10,18)(H,12,13,14)(H,15,16,17). The van der Waals surface area contributed by atoms with E-state index in [0.717, 1.165) is 16.8 Å². The van der Waals surface area contributed by atoms with Gasteiger partial charge < -0.3 is 0 Å². The van der Waals surface area contributed by atoms with Gasteiger partial charge in [0.25, 0.3) is 20.2 Å². The van der Waals surface area contributed by atoms with E-state index in [2.05, 4.69) is 15.5 Å². The molecule has 0 fully saturated rings. The van der Waals surface area contributed by atoms with E-state index in [1.54, 1.807) is 0 Å². The smallest absolute Gasteiger partial charge is 0.282 e. The van der Waals surface area contributed by atoms with E-state index in [9.17, 15) is 16.8 Å². The topological polar surface area (TPSA) is 155 Å². The summed E-state index contributed by atoms with van der Waals surface area (Å²) in [7, 11) is -9.41. The number of benzene rings is 1. The lowest BCUT2D eigenvalue weighted by atomic mass is 10.3. The molecule has 0 aliphatic rings. The van der Waals surface area contributed by atoms with Gasteiger partial charge in [-0.25, -0.2) is 4.68 Å². The Balaban J connectivity index is 2.85. The Hall–Kier alpha value is -1.67. The highest BCUT2D eigenvalue weighted by Crippen LogP contribution is 2.23. The van der Waals surface area contributed by atoms with Crippen molar-refractivity contribution in [3.63, 3.8) is 0 Å². The second-order valence-electron chi connectivity index (χ2n) is 3.50. The van der Waals surface area contributed by atoms with Crippen molar-refractivity contribution >= 4 is 32.5 Å². The zero-order valence-electron chi connectivity index (χ0n) is 9.33. The van der Waals surface area contributed by atoms with Gasteiger partial charge in [-0.15, -0.1) is 0 Å². The Labute approximate surface area is 117 Å². The van der Waals surface area contributed by atoms with Crippen LogP contribution >= 0.6 is 12.2 Å². The van der Waals surface area contributed by atoms with Crippen LogP contribution in [-0.2, 0) is 20.2 Å². The van der Waals surface area contributed by atoms with E-state index in [0.29, 0.717) is 6.07 Å². The lowest BCUT2D eigenvalue weighted by Gasteiger charge is -2.08. The van der Waals surface area contributed by atoms with Gasteiger partial charge in [-0.05, 0) is 30.4 Å². The van der Waals surface area contributed by atoms with Crippen LogP contribution in [0.3, 0.4) is 0 Å². The summed E-state index contributed by atoms with van der Waals surface area (Å²) in [5.74, 6) is 0. The summed E-state index contributed by atoms with van der Waals surface area (Å²) in [5, 5.41) is 9.00. The highest BCUT2D eigenvalue weighted by molar-refractivity contribution is 7.86. The highest BCUT2D eigenvalue weighted by Gasteiger charge is 2.22. The zero-order valence-corrected chi connectivity index (χ0v) is 11.8. The third kappa shape index (κ3) is 2.75. The SMILES string of the molecule is O=S(=O)(O)c1ccc(-n2[nH]nnc2=S)c(S(=O)(=O)O)c1. The van der Waals surface area contributed by atoms with Crippen molar-refractivity contribution in [2.24, 2.45) is 0 Å². The number of hydrogen-bond acceptors (Lipinski definition) is 7. The number of rotatable bonds is 3. The van der Waals surface area contributed by atoms with Crippen molar-refractivity contribution in [3.05, 3.63) is 23.0 Å². The normalized spacial score (nSPS) is 12.5. The Morgan fingerprint density at radius 2 is 1.80 bits per heavy atom. The van der Waals surface area contributed by atoms with E-state index in [4.69, 9.17) is 21.3 Å². The fraction of sp³-hybridized carbons (Fsp3) is 0. The molecule has 10 nitrogen and oxygen atoms in total. The minimum atomic E-state index is -4.78. The molecule has 0 amide bonds. The number of hydrogen-bond donors (Lipinski definition) is 3. The molecule has 13 heteroatoms. The quantitative estimate of drug-likeness (QED) is 0.510. The van der Waals surface area contributed by atoms with E-state index < -0.39 is 30.0 Å². The summed E-state index contributed by atoms with van der Waals surface area (Å²) in [4.78, 5) is -1.48. The van der Waals surface area contributed by atoms with Crippen molar-refractivity contribution in [2.45, 2.75) is 9.79 Å². The first kappa shape index (κ1) is 14.7. The number of aromatic nitrogens is 4. The Bertz CT molecular complexity index is 925. The van der Waals surface area contributed by atoms with Crippen LogP contribution in [-0.4, -0.2) is 46.1 Å². The lowest BCUT2D eigenvalue weighted by Crippen LogP contribution is -2.09. The van der Waals surface area contributed by atoms with Crippen LogP contribution in [0.4, 0.5) is 0 Å².